The summed E-state index contributed by atoms with van der Waals surface area (Å²) in [5.74, 6) is 2.58. The number of nitrogens with one attached hydrogen (secondary N) is 1. The smallest absolute Gasteiger partial charge is 0.194 e. The van der Waals surface area contributed by atoms with Crippen LogP contribution in [-0.2, 0) is 6.42 Å². The van der Waals surface area contributed by atoms with Gasteiger partial charge in [-0.3, -0.25) is 0 Å². The summed E-state index contributed by atoms with van der Waals surface area (Å²) in [6, 6.07) is 0. The minimum Gasteiger partial charge on any atom is -0.445 e. The van der Waals surface area contributed by atoms with Crippen LogP contribution in [-0.4, -0.2) is 18.1 Å². The maximum atomic E-state index is 6.03. The first-order valence-corrected chi connectivity index (χ1v) is 8.29. The highest BCUT2D eigenvalue weighted by Crippen LogP contribution is 2.46. The Morgan fingerprint density at radius 2 is 2.20 bits per heavy atom. The van der Waals surface area contributed by atoms with Crippen LogP contribution in [0.4, 0.5) is 0 Å². The normalized spacial score (nSPS) is 22.1. The third-order valence-electron chi connectivity index (χ3n) is 4.59. The molecule has 0 aliphatic heterocycles. The van der Waals surface area contributed by atoms with Crippen LogP contribution >= 0.6 is 0 Å². The van der Waals surface area contributed by atoms with Gasteiger partial charge in [-0.2, -0.15) is 0 Å². The highest BCUT2D eigenvalue weighted by atomic mass is 16.4. The molecule has 0 radical (unpaired) electrons. The van der Waals surface area contributed by atoms with Crippen molar-refractivity contribution < 1.29 is 4.42 Å². The molecule has 1 saturated carbocycles. The van der Waals surface area contributed by atoms with Crippen molar-refractivity contribution in [2.45, 2.75) is 71.6 Å². The van der Waals surface area contributed by atoms with E-state index in [-0.39, 0.29) is 0 Å². The minimum absolute atomic E-state index is 0.359. The van der Waals surface area contributed by atoms with Crippen molar-refractivity contribution in [3.05, 3.63) is 17.8 Å². The number of hydrogen-bond acceptors (Lipinski definition) is 3. The van der Waals surface area contributed by atoms with Crippen LogP contribution in [0.3, 0.4) is 0 Å². The summed E-state index contributed by atoms with van der Waals surface area (Å²) in [7, 11) is 0. The largest absolute Gasteiger partial charge is 0.445 e. The van der Waals surface area contributed by atoms with Crippen LogP contribution < -0.4 is 5.32 Å². The first-order valence-electron chi connectivity index (χ1n) is 8.29. The Balaban J connectivity index is 1.85. The second kappa shape index (κ2) is 7.26. The van der Waals surface area contributed by atoms with Crippen molar-refractivity contribution in [3.63, 3.8) is 0 Å². The molecule has 2 rings (SSSR count). The molecular weight excluding hydrogens is 248 g/mol. The van der Waals surface area contributed by atoms with E-state index in [2.05, 4.69) is 31.1 Å². The van der Waals surface area contributed by atoms with E-state index < -0.39 is 0 Å². The summed E-state index contributed by atoms with van der Waals surface area (Å²) < 4.78 is 6.03. The van der Waals surface area contributed by atoms with Crippen molar-refractivity contribution in [2.24, 2.45) is 5.41 Å². The lowest BCUT2D eigenvalue weighted by molar-refractivity contribution is 0.176. The number of hydrogen-bond donors (Lipinski definition) is 1. The Morgan fingerprint density at radius 3 is 2.95 bits per heavy atom. The summed E-state index contributed by atoms with van der Waals surface area (Å²) in [6.07, 6.45) is 10.5. The van der Waals surface area contributed by atoms with Crippen LogP contribution in [0.2, 0.25) is 0 Å². The van der Waals surface area contributed by atoms with Gasteiger partial charge >= 0.3 is 0 Å². The van der Waals surface area contributed by atoms with E-state index in [1.54, 1.807) is 0 Å². The molecule has 1 aromatic rings. The molecule has 1 aliphatic carbocycles. The fraction of sp³-hybridized carbons (Fsp3) is 0.824. The number of aryl methyl sites for hydroxylation is 1. The van der Waals surface area contributed by atoms with Crippen LogP contribution in [0.25, 0.3) is 0 Å². The summed E-state index contributed by atoms with van der Waals surface area (Å²) in [6.45, 7) is 9.09. The number of aromatic nitrogens is 1. The van der Waals surface area contributed by atoms with Crippen LogP contribution in [0.1, 0.15) is 76.9 Å². The van der Waals surface area contributed by atoms with Crippen molar-refractivity contribution in [3.8, 4) is 0 Å². The minimum atomic E-state index is 0.359. The lowest BCUT2D eigenvalue weighted by atomic mass is 9.68. The van der Waals surface area contributed by atoms with Gasteiger partial charge in [0.2, 0.25) is 0 Å². The molecule has 1 atom stereocenters. The van der Waals surface area contributed by atoms with E-state index in [9.17, 15) is 0 Å². The molecule has 0 spiro atoms. The zero-order valence-electron chi connectivity index (χ0n) is 13.4. The average molecular weight is 278 g/mol. The summed E-state index contributed by atoms with van der Waals surface area (Å²) in [5.41, 5.74) is 0.359. The van der Waals surface area contributed by atoms with E-state index in [4.69, 9.17) is 4.42 Å². The highest BCUT2D eigenvalue weighted by molar-refractivity contribution is 5.08. The molecule has 1 heterocycles. The zero-order valence-corrected chi connectivity index (χ0v) is 13.4. The predicted octanol–water partition coefficient (Wildman–Crippen LogP) is 4.29. The Kier molecular flexibility index (Phi) is 5.64. The third kappa shape index (κ3) is 4.08. The molecule has 3 nitrogen and oxygen atoms in total. The van der Waals surface area contributed by atoms with Gasteiger partial charge in [-0.15, -0.1) is 0 Å². The molecule has 1 unspecified atom stereocenters. The summed E-state index contributed by atoms with van der Waals surface area (Å²) in [5, 5.41) is 3.42. The molecule has 114 valence electrons. The molecule has 0 amide bonds. The van der Waals surface area contributed by atoms with E-state index in [0.717, 1.165) is 37.6 Å². The van der Waals surface area contributed by atoms with Crippen LogP contribution in [0.5, 0.6) is 0 Å². The van der Waals surface area contributed by atoms with Gasteiger partial charge in [0.05, 0.1) is 6.20 Å². The molecule has 20 heavy (non-hydrogen) atoms. The highest BCUT2D eigenvalue weighted by Gasteiger charge is 2.35. The van der Waals surface area contributed by atoms with E-state index in [1.807, 2.05) is 6.20 Å². The van der Waals surface area contributed by atoms with Crippen LogP contribution in [0.15, 0.2) is 10.6 Å². The molecule has 0 saturated heterocycles. The fourth-order valence-electron chi connectivity index (χ4n) is 3.29. The molecule has 3 heteroatoms. The second-order valence-electron chi connectivity index (χ2n) is 6.80. The molecule has 1 N–H and O–H groups in total. The maximum absolute atomic E-state index is 6.03. The fourth-order valence-corrected chi connectivity index (χ4v) is 3.29. The molecular formula is C17H30N2O. The quantitative estimate of drug-likeness (QED) is 0.756. The summed E-state index contributed by atoms with van der Waals surface area (Å²) in [4.78, 5) is 4.48. The van der Waals surface area contributed by atoms with Gasteiger partial charge in [0.15, 0.2) is 5.89 Å². The SMILES string of the molecule is CCCNCCCc1ncc(C2CCCCC2(C)C)o1. The predicted molar refractivity (Wildman–Crippen MR) is 83.0 cm³/mol. The Morgan fingerprint density at radius 1 is 1.35 bits per heavy atom. The maximum Gasteiger partial charge on any atom is 0.194 e. The van der Waals surface area contributed by atoms with Gasteiger partial charge in [0.1, 0.15) is 5.76 Å². The molecule has 1 fully saturated rings. The van der Waals surface area contributed by atoms with Gasteiger partial charge in [-0.05, 0) is 44.2 Å². The Labute approximate surface area is 123 Å². The number of oxazole rings is 1. The first-order chi connectivity index (χ1) is 9.63. The zero-order chi connectivity index (χ0) is 14.4. The molecule has 1 aromatic heterocycles. The first kappa shape index (κ1) is 15.6. The van der Waals surface area contributed by atoms with Crippen molar-refractivity contribution in [1.82, 2.24) is 10.3 Å². The number of rotatable bonds is 7. The summed E-state index contributed by atoms with van der Waals surface area (Å²) >= 11 is 0. The lowest BCUT2D eigenvalue weighted by Crippen LogP contribution is -2.25. The molecule has 1 aliphatic rings. The van der Waals surface area contributed by atoms with Gasteiger partial charge in [-0.1, -0.05) is 33.6 Å². The number of nitrogens with zero attached hydrogens (tertiary/aromatic N) is 1. The standard InChI is InChI=1S/C17H30N2O/c1-4-11-18-12-7-9-16-19-13-15(20-16)14-8-5-6-10-17(14,2)3/h13-14,18H,4-12H2,1-3H3. The van der Waals surface area contributed by atoms with E-state index in [1.165, 1.54) is 32.1 Å². The topological polar surface area (TPSA) is 38.1 Å². The van der Waals surface area contributed by atoms with Gasteiger partial charge in [0, 0.05) is 12.3 Å². The van der Waals surface area contributed by atoms with Gasteiger partial charge < -0.3 is 9.73 Å². The molecule has 0 aromatic carbocycles. The van der Waals surface area contributed by atoms with Gasteiger partial charge in [-0.25, -0.2) is 4.98 Å². The Bertz CT molecular complexity index is 397. The monoisotopic (exact) mass is 278 g/mol. The van der Waals surface area contributed by atoms with Gasteiger partial charge in [0.25, 0.3) is 0 Å². The Hall–Kier alpha value is -0.830. The lowest BCUT2D eigenvalue weighted by Gasteiger charge is -2.37. The van der Waals surface area contributed by atoms with Crippen molar-refractivity contribution >= 4 is 0 Å². The van der Waals surface area contributed by atoms with Crippen LogP contribution in [0, 0.1) is 5.41 Å². The second-order valence-corrected chi connectivity index (χ2v) is 6.80. The van der Waals surface area contributed by atoms with Crippen molar-refractivity contribution in [2.75, 3.05) is 13.1 Å². The average Bonchev–Trinajstić information content (AvgIpc) is 2.86. The van der Waals surface area contributed by atoms with Crippen molar-refractivity contribution in [1.29, 1.82) is 0 Å². The molecule has 0 bridgehead atoms. The van der Waals surface area contributed by atoms with E-state index in [0.29, 0.717) is 11.3 Å². The van der Waals surface area contributed by atoms with E-state index >= 15 is 0 Å². The third-order valence-corrected chi connectivity index (χ3v) is 4.59.